The number of hydrogen-bond acceptors (Lipinski definition) is 6. The standard InChI is InChI=1S/C21H16F3N3O3S/c1-12-15-4-2-3-5-16(15)31-17(12)19(28)25-10-11-29-14-8-6-13(7-9-14)18-26-20(30-27-18)21(22,23)24/h2-9H,10-11H2,1H3,(H,25,28). The first-order valence-electron chi connectivity index (χ1n) is 9.23. The van der Waals surface area contributed by atoms with Crippen LogP contribution < -0.4 is 10.1 Å². The van der Waals surface area contributed by atoms with Gasteiger partial charge in [0.15, 0.2) is 0 Å². The lowest BCUT2D eigenvalue weighted by Crippen LogP contribution is -2.27. The molecule has 6 nitrogen and oxygen atoms in total. The van der Waals surface area contributed by atoms with Crippen LogP contribution in [0.3, 0.4) is 0 Å². The smallest absolute Gasteiger partial charge is 0.471 e. The predicted octanol–water partition coefficient (Wildman–Crippen LogP) is 5.09. The lowest BCUT2D eigenvalue weighted by molar-refractivity contribution is -0.159. The van der Waals surface area contributed by atoms with E-state index in [2.05, 4.69) is 20.0 Å². The first-order valence-corrected chi connectivity index (χ1v) is 10.0. The van der Waals surface area contributed by atoms with E-state index in [9.17, 15) is 18.0 Å². The lowest BCUT2D eigenvalue weighted by atomic mass is 10.1. The van der Waals surface area contributed by atoms with Crippen LogP contribution in [0.1, 0.15) is 21.1 Å². The third-order valence-corrected chi connectivity index (χ3v) is 5.76. The average Bonchev–Trinajstić information content (AvgIpc) is 3.37. The molecule has 0 saturated carbocycles. The molecule has 0 aliphatic rings. The number of ether oxygens (including phenoxy) is 1. The molecule has 1 amide bonds. The second-order valence-electron chi connectivity index (χ2n) is 6.60. The summed E-state index contributed by atoms with van der Waals surface area (Å²) in [5.41, 5.74) is 1.31. The topological polar surface area (TPSA) is 77.2 Å². The number of aryl methyl sites for hydroxylation is 1. The number of halogens is 3. The number of hydrogen-bond donors (Lipinski definition) is 1. The number of amides is 1. The Morgan fingerprint density at radius 3 is 2.58 bits per heavy atom. The summed E-state index contributed by atoms with van der Waals surface area (Å²) < 4.78 is 48.5. The van der Waals surface area contributed by atoms with Gasteiger partial charge >= 0.3 is 12.1 Å². The first-order chi connectivity index (χ1) is 14.8. The Morgan fingerprint density at radius 1 is 1.16 bits per heavy atom. The summed E-state index contributed by atoms with van der Waals surface area (Å²) in [6, 6.07) is 14.1. The molecular weight excluding hydrogens is 431 g/mol. The Labute approximate surface area is 178 Å². The number of thiophene rings is 1. The number of nitrogens with one attached hydrogen (secondary N) is 1. The molecule has 0 fully saturated rings. The maximum atomic E-state index is 12.5. The highest BCUT2D eigenvalue weighted by molar-refractivity contribution is 7.21. The molecule has 0 unspecified atom stereocenters. The van der Waals surface area contributed by atoms with E-state index in [4.69, 9.17) is 4.74 Å². The Balaban J connectivity index is 1.30. The molecule has 10 heteroatoms. The van der Waals surface area contributed by atoms with Crippen molar-refractivity contribution in [1.82, 2.24) is 15.5 Å². The summed E-state index contributed by atoms with van der Waals surface area (Å²) in [6.07, 6.45) is -4.69. The van der Waals surface area contributed by atoms with Gasteiger partial charge in [-0.2, -0.15) is 18.2 Å². The van der Waals surface area contributed by atoms with Gasteiger partial charge in [0, 0.05) is 10.3 Å². The van der Waals surface area contributed by atoms with Gasteiger partial charge in [-0.25, -0.2) is 0 Å². The second-order valence-corrected chi connectivity index (χ2v) is 7.65. The van der Waals surface area contributed by atoms with Gasteiger partial charge in [-0.3, -0.25) is 4.79 Å². The minimum atomic E-state index is -4.69. The van der Waals surface area contributed by atoms with Gasteiger partial charge in [0.2, 0.25) is 5.82 Å². The molecule has 0 atom stereocenters. The summed E-state index contributed by atoms with van der Waals surface area (Å²) in [5.74, 6) is -1.22. The van der Waals surface area contributed by atoms with Crippen molar-refractivity contribution in [2.45, 2.75) is 13.1 Å². The molecule has 2 heterocycles. The van der Waals surface area contributed by atoms with E-state index in [-0.39, 0.29) is 18.3 Å². The van der Waals surface area contributed by atoms with E-state index in [0.717, 1.165) is 15.6 Å². The van der Waals surface area contributed by atoms with Crippen molar-refractivity contribution in [2.75, 3.05) is 13.2 Å². The first kappa shape index (κ1) is 20.9. The molecule has 0 spiro atoms. The molecule has 0 saturated heterocycles. The van der Waals surface area contributed by atoms with E-state index in [1.165, 1.54) is 23.5 Å². The maximum absolute atomic E-state index is 12.5. The average molecular weight is 447 g/mol. The molecule has 2 aromatic carbocycles. The van der Waals surface area contributed by atoms with E-state index in [1.807, 2.05) is 31.2 Å². The molecule has 4 rings (SSSR count). The molecule has 1 N–H and O–H groups in total. The predicted molar refractivity (Wildman–Crippen MR) is 109 cm³/mol. The van der Waals surface area contributed by atoms with Crippen LogP contribution in [0, 0.1) is 6.92 Å². The molecule has 0 aliphatic carbocycles. The van der Waals surface area contributed by atoms with Crippen molar-refractivity contribution in [3.8, 4) is 17.1 Å². The maximum Gasteiger partial charge on any atom is 0.471 e. The summed E-state index contributed by atoms with van der Waals surface area (Å²) in [7, 11) is 0. The van der Waals surface area contributed by atoms with Gasteiger partial charge in [-0.15, -0.1) is 11.3 Å². The fraction of sp³-hybridized carbons (Fsp3) is 0.190. The molecule has 2 aromatic heterocycles. The normalized spacial score (nSPS) is 11.6. The fourth-order valence-electron chi connectivity index (χ4n) is 2.96. The summed E-state index contributed by atoms with van der Waals surface area (Å²) in [5, 5.41) is 7.24. The van der Waals surface area contributed by atoms with Crippen LogP contribution in [0.25, 0.3) is 21.5 Å². The molecule has 0 aliphatic heterocycles. The van der Waals surface area contributed by atoms with Gasteiger partial charge in [-0.05, 0) is 48.2 Å². The number of benzene rings is 2. The van der Waals surface area contributed by atoms with Gasteiger partial charge in [-0.1, -0.05) is 23.4 Å². The number of fused-ring (bicyclic) bond motifs is 1. The molecule has 4 aromatic rings. The van der Waals surface area contributed by atoms with Crippen LogP contribution in [0.5, 0.6) is 5.75 Å². The molecule has 0 bridgehead atoms. The Morgan fingerprint density at radius 2 is 1.90 bits per heavy atom. The second kappa shape index (κ2) is 8.38. The van der Waals surface area contributed by atoms with Crippen LogP contribution in [0.2, 0.25) is 0 Å². The molecular formula is C21H16F3N3O3S. The van der Waals surface area contributed by atoms with Gasteiger partial charge < -0.3 is 14.6 Å². The Bertz CT molecular complexity index is 1220. The van der Waals surface area contributed by atoms with Crippen molar-refractivity contribution in [2.24, 2.45) is 0 Å². The molecule has 160 valence electrons. The number of rotatable bonds is 6. The van der Waals surface area contributed by atoms with Crippen molar-refractivity contribution in [3.05, 3.63) is 64.9 Å². The highest BCUT2D eigenvalue weighted by Gasteiger charge is 2.38. The molecule has 0 radical (unpaired) electrons. The summed E-state index contributed by atoms with van der Waals surface area (Å²) >= 11 is 1.45. The van der Waals surface area contributed by atoms with Crippen molar-refractivity contribution in [3.63, 3.8) is 0 Å². The lowest BCUT2D eigenvalue weighted by Gasteiger charge is -2.08. The largest absolute Gasteiger partial charge is 0.492 e. The third-order valence-electron chi connectivity index (χ3n) is 4.49. The van der Waals surface area contributed by atoms with Gasteiger partial charge in [0.05, 0.1) is 11.4 Å². The third kappa shape index (κ3) is 4.53. The van der Waals surface area contributed by atoms with Crippen LogP contribution >= 0.6 is 11.3 Å². The quantitative estimate of drug-likeness (QED) is 0.417. The Hall–Kier alpha value is -3.40. The monoisotopic (exact) mass is 447 g/mol. The van der Waals surface area contributed by atoms with Crippen molar-refractivity contribution in [1.29, 1.82) is 0 Å². The highest BCUT2D eigenvalue weighted by Crippen LogP contribution is 2.31. The number of aromatic nitrogens is 2. The van der Waals surface area contributed by atoms with E-state index >= 15 is 0 Å². The van der Waals surface area contributed by atoms with Crippen LogP contribution in [-0.4, -0.2) is 29.2 Å². The van der Waals surface area contributed by atoms with Crippen LogP contribution in [0.15, 0.2) is 53.1 Å². The van der Waals surface area contributed by atoms with Crippen molar-refractivity contribution >= 4 is 27.3 Å². The van der Waals surface area contributed by atoms with Gasteiger partial charge in [0.1, 0.15) is 12.4 Å². The van der Waals surface area contributed by atoms with Crippen LogP contribution in [0.4, 0.5) is 13.2 Å². The van der Waals surface area contributed by atoms with Crippen molar-refractivity contribution < 1.29 is 27.2 Å². The van der Waals surface area contributed by atoms with Gasteiger partial charge in [0.25, 0.3) is 5.91 Å². The minimum Gasteiger partial charge on any atom is -0.492 e. The van der Waals surface area contributed by atoms with E-state index in [1.54, 1.807) is 12.1 Å². The summed E-state index contributed by atoms with van der Waals surface area (Å²) in [4.78, 5) is 16.5. The van der Waals surface area contributed by atoms with Crippen LogP contribution in [-0.2, 0) is 6.18 Å². The number of nitrogens with zero attached hydrogens (tertiary/aromatic N) is 2. The zero-order valence-electron chi connectivity index (χ0n) is 16.2. The minimum absolute atomic E-state index is 0.157. The molecule has 31 heavy (non-hydrogen) atoms. The fourth-order valence-corrected chi connectivity index (χ4v) is 4.09. The van der Waals surface area contributed by atoms with E-state index in [0.29, 0.717) is 22.7 Å². The zero-order valence-corrected chi connectivity index (χ0v) is 17.0. The van der Waals surface area contributed by atoms with E-state index < -0.39 is 12.1 Å². The zero-order chi connectivity index (χ0) is 22.0. The Kier molecular flexibility index (Phi) is 5.64. The highest BCUT2D eigenvalue weighted by atomic mass is 32.1. The number of alkyl halides is 3. The number of carbonyl (C=O) groups excluding carboxylic acids is 1. The SMILES string of the molecule is Cc1c(C(=O)NCCOc2ccc(-c3noc(C(F)(F)F)n3)cc2)sc2ccccc12. The summed E-state index contributed by atoms with van der Waals surface area (Å²) in [6.45, 7) is 2.46. The number of carbonyl (C=O) groups is 1.